The van der Waals surface area contributed by atoms with Crippen molar-refractivity contribution in [3.05, 3.63) is 35.5 Å². The summed E-state index contributed by atoms with van der Waals surface area (Å²) in [7, 11) is 0. The molecule has 0 aliphatic heterocycles. The predicted molar refractivity (Wildman–Crippen MR) is 81.2 cm³/mol. The number of aliphatic hydroxyl groups excluding tert-OH is 3. The quantitative estimate of drug-likeness (QED) is 0.407. The number of carbonyl (C=O) groups excluding carboxylic acids is 3. The summed E-state index contributed by atoms with van der Waals surface area (Å²) in [6.07, 6.45) is 3.50. The SMILES string of the molecule is CC(=O)/C=C(/C)O.CC(=O)/C=C(\C)O.CC(=O)/C=C(\C)O.[Fe]. The van der Waals surface area contributed by atoms with Crippen molar-refractivity contribution in [2.24, 2.45) is 0 Å². The van der Waals surface area contributed by atoms with Crippen molar-refractivity contribution in [1.82, 2.24) is 0 Å². The fraction of sp³-hybridized carbons (Fsp3) is 0.400. The largest absolute Gasteiger partial charge is 0.512 e. The van der Waals surface area contributed by atoms with Crippen molar-refractivity contribution in [3.8, 4) is 0 Å². The van der Waals surface area contributed by atoms with Gasteiger partial charge < -0.3 is 15.3 Å². The van der Waals surface area contributed by atoms with Crippen molar-refractivity contribution in [3.63, 3.8) is 0 Å². The van der Waals surface area contributed by atoms with Gasteiger partial charge in [0.15, 0.2) is 17.3 Å². The van der Waals surface area contributed by atoms with Crippen LogP contribution < -0.4 is 0 Å². The second-order valence-corrected chi connectivity index (χ2v) is 4.19. The van der Waals surface area contributed by atoms with E-state index in [1.165, 1.54) is 59.8 Å². The molecule has 0 aliphatic carbocycles. The van der Waals surface area contributed by atoms with E-state index in [1.54, 1.807) is 0 Å². The van der Waals surface area contributed by atoms with Gasteiger partial charge in [0.05, 0.1) is 17.3 Å². The number of aliphatic hydroxyl groups is 3. The van der Waals surface area contributed by atoms with E-state index < -0.39 is 0 Å². The van der Waals surface area contributed by atoms with E-state index in [1.807, 2.05) is 0 Å². The zero-order valence-electron chi connectivity index (χ0n) is 13.7. The molecule has 22 heavy (non-hydrogen) atoms. The molecule has 0 heterocycles. The van der Waals surface area contributed by atoms with E-state index in [-0.39, 0.29) is 51.7 Å². The molecule has 0 bridgehead atoms. The Hall–Kier alpha value is -1.85. The minimum absolute atomic E-state index is 0. The van der Waals surface area contributed by atoms with E-state index in [2.05, 4.69) is 0 Å². The molecule has 0 radical (unpaired) electrons. The van der Waals surface area contributed by atoms with Gasteiger partial charge in [-0.3, -0.25) is 14.4 Å². The third-order valence-electron chi connectivity index (χ3n) is 1.24. The minimum atomic E-state index is -0.125. The summed E-state index contributed by atoms with van der Waals surface area (Å²) in [5.74, 6) is -0.187. The van der Waals surface area contributed by atoms with E-state index in [4.69, 9.17) is 15.3 Å². The third kappa shape index (κ3) is 51.8. The van der Waals surface area contributed by atoms with Crippen LogP contribution in [0.15, 0.2) is 35.5 Å². The van der Waals surface area contributed by atoms with Crippen molar-refractivity contribution < 1.29 is 46.8 Å². The smallest absolute Gasteiger partial charge is 0.155 e. The van der Waals surface area contributed by atoms with Crippen LogP contribution >= 0.6 is 0 Å². The van der Waals surface area contributed by atoms with Crippen LogP contribution in [0.2, 0.25) is 0 Å². The summed E-state index contributed by atoms with van der Waals surface area (Å²) in [6.45, 7) is 8.54. The summed E-state index contributed by atoms with van der Waals surface area (Å²) < 4.78 is 0. The Kier molecular flexibility index (Phi) is 22.2. The normalized spacial score (nSPS) is 10.9. The van der Waals surface area contributed by atoms with E-state index in [0.29, 0.717) is 0 Å². The van der Waals surface area contributed by atoms with Gasteiger partial charge in [0, 0.05) is 35.3 Å². The van der Waals surface area contributed by atoms with Gasteiger partial charge in [-0.05, 0) is 41.5 Å². The molecule has 0 aromatic heterocycles. The first-order valence-electron chi connectivity index (χ1n) is 6.02. The first-order valence-corrected chi connectivity index (χ1v) is 6.02. The predicted octanol–water partition coefficient (Wildman–Crippen LogP) is 3.11. The van der Waals surface area contributed by atoms with E-state index in [0.717, 1.165) is 0 Å². The molecule has 0 aromatic rings. The number of allylic oxidation sites excluding steroid dienone is 6. The maximum atomic E-state index is 10.0. The fourth-order valence-electron chi connectivity index (χ4n) is 0.882. The Balaban J connectivity index is -0.000000108. The summed E-state index contributed by atoms with van der Waals surface area (Å²) in [5.41, 5.74) is 0. The first-order chi connectivity index (χ1) is 9.38. The molecule has 0 saturated heterocycles. The minimum Gasteiger partial charge on any atom is -0.512 e. The Morgan fingerprint density at radius 2 is 0.682 bits per heavy atom. The summed E-state index contributed by atoms with van der Waals surface area (Å²) in [4.78, 5) is 30.1. The molecule has 0 saturated carbocycles. The maximum Gasteiger partial charge on any atom is 0.155 e. The van der Waals surface area contributed by atoms with Crippen LogP contribution in [0.4, 0.5) is 0 Å². The van der Waals surface area contributed by atoms with Crippen LogP contribution in [-0.2, 0) is 31.5 Å². The Morgan fingerprint density at radius 3 is 0.682 bits per heavy atom. The topological polar surface area (TPSA) is 112 Å². The molecular weight excluding hydrogens is 332 g/mol. The van der Waals surface area contributed by atoms with Crippen LogP contribution in [0, 0.1) is 0 Å². The number of carbonyl (C=O) groups is 3. The van der Waals surface area contributed by atoms with Gasteiger partial charge in [0.25, 0.3) is 0 Å². The third-order valence-corrected chi connectivity index (χ3v) is 1.24. The summed E-state index contributed by atoms with van der Waals surface area (Å²) >= 11 is 0. The van der Waals surface area contributed by atoms with Crippen LogP contribution in [0.1, 0.15) is 41.5 Å². The average molecular weight is 356 g/mol. The Morgan fingerprint density at radius 1 is 0.545 bits per heavy atom. The van der Waals surface area contributed by atoms with E-state index >= 15 is 0 Å². The van der Waals surface area contributed by atoms with Gasteiger partial charge in [0.1, 0.15) is 0 Å². The molecule has 3 N–H and O–H groups in total. The molecule has 0 rings (SSSR count). The zero-order valence-corrected chi connectivity index (χ0v) is 14.8. The Labute approximate surface area is 141 Å². The van der Waals surface area contributed by atoms with Gasteiger partial charge in [-0.2, -0.15) is 0 Å². The summed E-state index contributed by atoms with van der Waals surface area (Å²) in [6, 6.07) is 0. The standard InChI is InChI=1S/3C5H8O2.Fe/c3*1-4(6)3-5(2)7;/h3*3,6H,1-2H3;/b2*4-3+;4-3-;. The molecule has 6 nitrogen and oxygen atoms in total. The second kappa shape index (κ2) is 17.2. The van der Waals surface area contributed by atoms with Crippen LogP contribution in [0.25, 0.3) is 0 Å². The molecule has 7 heteroatoms. The van der Waals surface area contributed by atoms with Gasteiger partial charge in [-0.15, -0.1) is 0 Å². The zero-order chi connectivity index (χ0) is 17.6. The number of ketones is 3. The van der Waals surface area contributed by atoms with Crippen LogP contribution in [0.3, 0.4) is 0 Å². The van der Waals surface area contributed by atoms with Gasteiger partial charge in [-0.1, -0.05) is 0 Å². The number of hydrogen-bond acceptors (Lipinski definition) is 6. The molecule has 0 spiro atoms. The molecule has 0 amide bonds. The molecule has 0 aliphatic rings. The van der Waals surface area contributed by atoms with Gasteiger partial charge >= 0.3 is 0 Å². The van der Waals surface area contributed by atoms with Crippen molar-refractivity contribution in [2.75, 3.05) is 0 Å². The maximum absolute atomic E-state index is 10.0. The van der Waals surface area contributed by atoms with E-state index in [9.17, 15) is 14.4 Å². The molecule has 128 valence electrons. The molecule has 0 aromatic carbocycles. The molecule has 0 fully saturated rings. The van der Waals surface area contributed by atoms with Crippen LogP contribution in [-0.4, -0.2) is 32.7 Å². The van der Waals surface area contributed by atoms with Gasteiger partial charge in [-0.25, -0.2) is 0 Å². The average Bonchev–Trinajstić information content (AvgIpc) is 2.10. The molecule has 0 atom stereocenters. The van der Waals surface area contributed by atoms with Gasteiger partial charge in [0.2, 0.25) is 0 Å². The molecular formula is C15H24FeO6. The Bertz CT molecular complexity index is 368. The van der Waals surface area contributed by atoms with Crippen molar-refractivity contribution in [1.29, 1.82) is 0 Å². The molecule has 0 unspecified atom stereocenters. The first kappa shape index (κ1) is 28.3. The monoisotopic (exact) mass is 356 g/mol. The van der Waals surface area contributed by atoms with Crippen molar-refractivity contribution >= 4 is 17.3 Å². The number of hydrogen-bond donors (Lipinski definition) is 3. The van der Waals surface area contributed by atoms with Crippen LogP contribution in [0.5, 0.6) is 0 Å². The fourth-order valence-corrected chi connectivity index (χ4v) is 0.882. The van der Waals surface area contributed by atoms with Crippen molar-refractivity contribution in [2.45, 2.75) is 41.5 Å². The number of rotatable bonds is 3. The summed E-state index contributed by atoms with van der Waals surface area (Å²) in [5, 5.41) is 25.1. The second-order valence-electron chi connectivity index (χ2n) is 4.19.